The summed E-state index contributed by atoms with van der Waals surface area (Å²) in [5.41, 5.74) is 2.93. The SMILES string of the molecule is CCOC(=O)c1ccc(-c2ccccc2[Se]c2ccccc2)cc1. The third-order valence-corrected chi connectivity index (χ3v) is 5.84. The van der Waals surface area contributed by atoms with Gasteiger partial charge in [-0.25, -0.2) is 0 Å². The van der Waals surface area contributed by atoms with Crippen LogP contribution in [0.2, 0.25) is 0 Å². The van der Waals surface area contributed by atoms with Gasteiger partial charge in [0, 0.05) is 0 Å². The monoisotopic (exact) mass is 382 g/mol. The van der Waals surface area contributed by atoms with Crippen LogP contribution in [-0.4, -0.2) is 27.5 Å². The van der Waals surface area contributed by atoms with Crippen molar-refractivity contribution >= 4 is 29.8 Å². The first kappa shape index (κ1) is 16.5. The number of hydrogen-bond donors (Lipinski definition) is 0. The van der Waals surface area contributed by atoms with Crippen LogP contribution >= 0.6 is 0 Å². The van der Waals surface area contributed by atoms with E-state index >= 15 is 0 Å². The molecule has 0 aliphatic heterocycles. The first-order valence-corrected chi connectivity index (χ1v) is 9.58. The van der Waals surface area contributed by atoms with Crippen molar-refractivity contribution in [3.8, 4) is 11.1 Å². The molecular formula is C21H18O2Se. The summed E-state index contributed by atoms with van der Waals surface area (Å²) in [6, 6.07) is 26.6. The summed E-state index contributed by atoms with van der Waals surface area (Å²) in [6.07, 6.45) is 0. The van der Waals surface area contributed by atoms with Gasteiger partial charge in [-0.2, -0.15) is 0 Å². The van der Waals surface area contributed by atoms with Crippen LogP contribution in [0.1, 0.15) is 17.3 Å². The van der Waals surface area contributed by atoms with Crippen LogP contribution in [-0.2, 0) is 4.74 Å². The van der Waals surface area contributed by atoms with E-state index in [0.717, 1.165) is 5.56 Å². The zero-order valence-electron chi connectivity index (χ0n) is 13.4. The average Bonchev–Trinajstić information content (AvgIpc) is 2.63. The normalized spacial score (nSPS) is 10.4. The number of carbonyl (C=O) groups is 1. The zero-order valence-corrected chi connectivity index (χ0v) is 15.2. The van der Waals surface area contributed by atoms with E-state index in [0.29, 0.717) is 12.2 Å². The van der Waals surface area contributed by atoms with Gasteiger partial charge >= 0.3 is 148 Å². The van der Waals surface area contributed by atoms with Gasteiger partial charge in [0.15, 0.2) is 0 Å². The molecule has 0 amide bonds. The van der Waals surface area contributed by atoms with Crippen LogP contribution in [0.25, 0.3) is 11.1 Å². The van der Waals surface area contributed by atoms with E-state index in [9.17, 15) is 4.79 Å². The summed E-state index contributed by atoms with van der Waals surface area (Å²) in [7, 11) is 0. The number of esters is 1. The summed E-state index contributed by atoms with van der Waals surface area (Å²) in [5.74, 6) is -0.272. The Morgan fingerprint density at radius 2 is 1.54 bits per heavy atom. The van der Waals surface area contributed by atoms with Crippen LogP contribution in [0.5, 0.6) is 0 Å². The van der Waals surface area contributed by atoms with Gasteiger partial charge in [-0.1, -0.05) is 0 Å². The third kappa shape index (κ3) is 3.94. The fourth-order valence-electron chi connectivity index (χ4n) is 2.41. The molecular weight excluding hydrogens is 363 g/mol. The van der Waals surface area contributed by atoms with Crippen molar-refractivity contribution in [2.75, 3.05) is 6.61 Å². The van der Waals surface area contributed by atoms with Crippen molar-refractivity contribution in [1.82, 2.24) is 0 Å². The minimum atomic E-state index is -0.272. The number of ether oxygens (including phenoxy) is 1. The molecule has 0 atom stereocenters. The first-order valence-electron chi connectivity index (χ1n) is 7.87. The van der Waals surface area contributed by atoms with Crippen molar-refractivity contribution in [3.63, 3.8) is 0 Å². The Bertz CT molecular complexity index is 811. The molecule has 0 saturated carbocycles. The second-order valence-corrected chi connectivity index (χ2v) is 7.55. The molecule has 0 fully saturated rings. The summed E-state index contributed by atoms with van der Waals surface area (Å²) >= 11 is 0.248. The Labute approximate surface area is 148 Å². The van der Waals surface area contributed by atoms with E-state index in [4.69, 9.17) is 4.74 Å². The van der Waals surface area contributed by atoms with Crippen LogP contribution in [0.4, 0.5) is 0 Å². The van der Waals surface area contributed by atoms with Crippen molar-refractivity contribution < 1.29 is 9.53 Å². The molecule has 0 spiro atoms. The molecule has 3 rings (SSSR count). The molecule has 0 aliphatic carbocycles. The Morgan fingerprint density at radius 1 is 0.875 bits per heavy atom. The maximum atomic E-state index is 11.8. The fraction of sp³-hybridized carbons (Fsp3) is 0.0952. The second kappa shape index (κ2) is 7.96. The van der Waals surface area contributed by atoms with E-state index < -0.39 is 0 Å². The van der Waals surface area contributed by atoms with E-state index in [1.54, 1.807) is 0 Å². The second-order valence-electron chi connectivity index (χ2n) is 5.21. The molecule has 3 aromatic rings. The average molecular weight is 381 g/mol. The molecule has 24 heavy (non-hydrogen) atoms. The Balaban J connectivity index is 1.88. The van der Waals surface area contributed by atoms with Gasteiger partial charge in [-0.3, -0.25) is 0 Å². The van der Waals surface area contributed by atoms with E-state index in [2.05, 4.69) is 48.5 Å². The molecule has 0 aromatic heterocycles. The Hall–Kier alpha value is -2.35. The third-order valence-electron chi connectivity index (χ3n) is 3.57. The summed E-state index contributed by atoms with van der Waals surface area (Å²) in [5, 5.41) is 0. The molecule has 120 valence electrons. The molecule has 0 N–H and O–H groups in total. The predicted molar refractivity (Wildman–Crippen MR) is 99.3 cm³/mol. The Kier molecular flexibility index (Phi) is 5.47. The van der Waals surface area contributed by atoms with Gasteiger partial charge < -0.3 is 0 Å². The molecule has 0 bridgehead atoms. The van der Waals surface area contributed by atoms with E-state index in [-0.39, 0.29) is 20.9 Å². The van der Waals surface area contributed by atoms with E-state index in [1.165, 1.54) is 14.5 Å². The number of carbonyl (C=O) groups excluding carboxylic acids is 1. The van der Waals surface area contributed by atoms with Gasteiger partial charge in [-0.05, 0) is 0 Å². The van der Waals surface area contributed by atoms with Crippen molar-refractivity contribution in [3.05, 3.63) is 84.4 Å². The molecule has 0 aliphatic rings. The van der Waals surface area contributed by atoms with Crippen molar-refractivity contribution in [2.45, 2.75) is 6.92 Å². The standard InChI is InChI=1S/C21H18O2Se/c1-2-23-21(22)17-14-12-16(13-15-17)19-10-6-7-11-20(19)24-18-8-4-3-5-9-18/h3-15H,2H2,1H3. The molecule has 3 heteroatoms. The van der Waals surface area contributed by atoms with Gasteiger partial charge in [0.1, 0.15) is 0 Å². The molecule has 0 unspecified atom stereocenters. The zero-order chi connectivity index (χ0) is 16.8. The minimum absolute atomic E-state index is 0.248. The van der Waals surface area contributed by atoms with Gasteiger partial charge in [0.05, 0.1) is 0 Å². The summed E-state index contributed by atoms with van der Waals surface area (Å²) in [4.78, 5) is 11.8. The quantitative estimate of drug-likeness (QED) is 0.501. The molecule has 0 heterocycles. The topological polar surface area (TPSA) is 26.3 Å². The van der Waals surface area contributed by atoms with Gasteiger partial charge in [0.2, 0.25) is 0 Å². The van der Waals surface area contributed by atoms with Crippen LogP contribution in [0, 0.1) is 0 Å². The number of hydrogen-bond acceptors (Lipinski definition) is 2. The van der Waals surface area contributed by atoms with Crippen molar-refractivity contribution in [1.29, 1.82) is 0 Å². The van der Waals surface area contributed by atoms with E-state index in [1.807, 2.05) is 37.3 Å². The molecule has 0 radical (unpaired) electrons. The summed E-state index contributed by atoms with van der Waals surface area (Å²) in [6.45, 7) is 2.21. The summed E-state index contributed by atoms with van der Waals surface area (Å²) < 4.78 is 7.72. The van der Waals surface area contributed by atoms with Gasteiger partial charge in [0.25, 0.3) is 0 Å². The molecule has 2 nitrogen and oxygen atoms in total. The van der Waals surface area contributed by atoms with Crippen molar-refractivity contribution in [2.24, 2.45) is 0 Å². The van der Waals surface area contributed by atoms with Crippen LogP contribution in [0.15, 0.2) is 78.9 Å². The molecule has 0 saturated heterocycles. The number of rotatable bonds is 5. The van der Waals surface area contributed by atoms with Gasteiger partial charge in [-0.15, -0.1) is 0 Å². The van der Waals surface area contributed by atoms with Crippen LogP contribution < -0.4 is 8.92 Å². The van der Waals surface area contributed by atoms with Crippen LogP contribution in [0.3, 0.4) is 0 Å². The first-order chi connectivity index (χ1) is 11.8. The fourth-order valence-corrected chi connectivity index (χ4v) is 4.49. The maximum absolute atomic E-state index is 11.8. The molecule has 3 aromatic carbocycles. The number of benzene rings is 3. The predicted octanol–water partition coefficient (Wildman–Crippen LogP) is 3.19. The Morgan fingerprint density at radius 3 is 2.25 bits per heavy atom.